The third kappa shape index (κ3) is 1.66. The highest BCUT2D eigenvalue weighted by atomic mass is 16.3. The van der Waals surface area contributed by atoms with Crippen molar-refractivity contribution in [1.29, 1.82) is 0 Å². The molecule has 3 aliphatic rings. The zero-order valence-electron chi connectivity index (χ0n) is 10.7. The van der Waals surface area contributed by atoms with Crippen LogP contribution in [0.15, 0.2) is 23.2 Å². The van der Waals surface area contributed by atoms with Crippen molar-refractivity contribution in [1.82, 2.24) is 10.2 Å². The molecule has 0 aromatic rings. The number of hydrogen-bond donors (Lipinski definition) is 4. The second-order valence-corrected chi connectivity index (χ2v) is 5.57. The van der Waals surface area contributed by atoms with E-state index in [-0.39, 0.29) is 29.8 Å². The molecule has 0 radical (unpaired) electrons. The van der Waals surface area contributed by atoms with Gasteiger partial charge in [0, 0.05) is 25.0 Å². The van der Waals surface area contributed by atoms with Crippen LogP contribution in [0.1, 0.15) is 13.8 Å². The van der Waals surface area contributed by atoms with Crippen molar-refractivity contribution in [2.75, 3.05) is 13.1 Å². The van der Waals surface area contributed by atoms with E-state index >= 15 is 0 Å². The van der Waals surface area contributed by atoms with Gasteiger partial charge in [0.2, 0.25) is 0 Å². The van der Waals surface area contributed by atoms with Gasteiger partial charge < -0.3 is 15.3 Å². The molecular formula is C13H20N2O3. The second-order valence-electron chi connectivity index (χ2n) is 5.57. The monoisotopic (exact) mass is 252 g/mol. The zero-order chi connectivity index (χ0) is 13.0. The maximum absolute atomic E-state index is 10.4. The lowest BCUT2D eigenvalue weighted by Gasteiger charge is -2.26. The number of hydrogen-bond acceptors (Lipinski definition) is 5. The first-order chi connectivity index (χ1) is 8.50. The first-order valence-corrected chi connectivity index (χ1v) is 6.52. The number of fused-ring (bicyclic) bond motifs is 1. The van der Waals surface area contributed by atoms with Gasteiger partial charge in [0.05, 0.1) is 18.2 Å². The fraction of sp³-hybridized carbons (Fsp3) is 0.692. The van der Waals surface area contributed by atoms with Crippen molar-refractivity contribution in [3.63, 3.8) is 0 Å². The quantitative estimate of drug-likeness (QED) is 0.532. The van der Waals surface area contributed by atoms with E-state index in [1.54, 1.807) is 13.0 Å². The molecule has 1 aliphatic carbocycles. The van der Waals surface area contributed by atoms with Crippen molar-refractivity contribution in [3.05, 3.63) is 23.2 Å². The van der Waals surface area contributed by atoms with Gasteiger partial charge in [-0.1, -0.05) is 6.92 Å². The average Bonchev–Trinajstić information content (AvgIpc) is 3.07. The summed E-state index contributed by atoms with van der Waals surface area (Å²) in [6, 6.07) is -0.653. The van der Waals surface area contributed by atoms with E-state index in [0.717, 1.165) is 18.7 Å². The molecule has 2 fully saturated rings. The molecule has 3 rings (SSSR count). The predicted molar refractivity (Wildman–Crippen MR) is 67.3 cm³/mol. The standard InChI is InChI=1S/C13H20N2O3/c1-6-10-12(14-11(6)7(2)16)9(17)5-8(13(10)18)15-3-4-15/h5-8,11-12,14,16-18H,3-4H2,1-2H3. The van der Waals surface area contributed by atoms with Crippen molar-refractivity contribution < 1.29 is 15.3 Å². The lowest BCUT2D eigenvalue weighted by Crippen LogP contribution is -2.40. The molecule has 5 heteroatoms. The van der Waals surface area contributed by atoms with Gasteiger partial charge in [-0.3, -0.25) is 10.2 Å². The number of aliphatic hydroxyl groups is 3. The van der Waals surface area contributed by atoms with Gasteiger partial charge in [-0.15, -0.1) is 0 Å². The molecule has 2 aliphatic heterocycles. The summed E-state index contributed by atoms with van der Waals surface area (Å²) in [6.07, 6.45) is 1.19. The second kappa shape index (κ2) is 3.98. The van der Waals surface area contributed by atoms with Crippen LogP contribution in [0.5, 0.6) is 0 Å². The minimum atomic E-state index is -0.515. The third-order valence-corrected chi connectivity index (χ3v) is 4.29. The van der Waals surface area contributed by atoms with Gasteiger partial charge in [0.1, 0.15) is 11.5 Å². The Morgan fingerprint density at radius 3 is 2.61 bits per heavy atom. The Bertz CT molecular complexity index is 426. The SMILES string of the molecule is CC(O)C1NC2C(O)=CC(N3CC3)C(O)=C2C1C. The first kappa shape index (κ1) is 12.0. The first-order valence-electron chi connectivity index (χ1n) is 6.52. The summed E-state index contributed by atoms with van der Waals surface area (Å²) in [5.74, 6) is 0.626. The minimum Gasteiger partial charge on any atom is -0.511 e. The number of rotatable bonds is 2. The minimum absolute atomic E-state index is 0.0216. The molecule has 0 aromatic heterocycles. The molecule has 100 valence electrons. The van der Waals surface area contributed by atoms with Gasteiger partial charge in [-0.25, -0.2) is 0 Å². The molecule has 5 unspecified atom stereocenters. The van der Waals surface area contributed by atoms with Crippen molar-refractivity contribution >= 4 is 0 Å². The lowest BCUT2D eigenvalue weighted by molar-refractivity contribution is 0.137. The van der Waals surface area contributed by atoms with Gasteiger partial charge in [0.15, 0.2) is 0 Å². The van der Waals surface area contributed by atoms with E-state index in [1.165, 1.54) is 0 Å². The van der Waals surface area contributed by atoms with Crippen LogP contribution in [-0.4, -0.2) is 57.5 Å². The van der Waals surface area contributed by atoms with Crippen LogP contribution in [0.4, 0.5) is 0 Å². The highest BCUT2D eigenvalue weighted by Gasteiger charge is 2.46. The highest BCUT2D eigenvalue weighted by Crippen LogP contribution is 2.39. The molecule has 0 amide bonds. The topological polar surface area (TPSA) is 75.7 Å². The summed E-state index contributed by atoms with van der Waals surface area (Å²) >= 11 is 0. The fourth-order valence-corrected chi connectivity index (χ4v) is 3.19. The average molecular weight is 252 g/mol. The number of nitrogens with one attached hydrogen (secondary N) is 1. The Labute approximate surface area is 106 Å². The normalized spacial score (nSPS) is 41.6. The molecule has 0 saturated carbocycles. The van der Waals surface area contributed by atoms with E-state index in [1.807, 2.05) is 6.92 Å². The fourth-order valence-electron chi connectivity index (χ4n) is 3.19. The number of nitrogens with zero attached hydrogens (tertiary/aromatic N) is 1. The summed E-state index contributed by atoms with van der Waals surface area (Å²) in [7, 11) is 0. The largest absolute Gasteiger partial charge is 0.511 e. The molecule has 0 spiro atoms. The summed E-state index contributed by atoms with van der Waals surface area (Å²) in [6.45, 7) is 5.62. The summed E-state index contributed by atoms with van der Waals surface area (Å²) in [5.41, 5.74) is 0.831. The molecule has 18 heavy (non-hydrogen) atoms. The van der Waals surface area contributed by atoms with Crippen LogP contribution in [0.2, 0.25) is 0 Å². The Morgan fingerprint density at radius 1 is 1.39 bits per heavy atom. The van der Waals surface area contributed by atoms with Crippen molar-refractivity contribution in [3.8, 4) is 0 Å². The van der Waals surface area contributed by atoms with Crippen LogP contribution >= 0.6 is 0 Å². The Hall–Kier alpha value is -1.04. The molecule has 0 aromatic carbocycles. The van der Waals surface area contributed by atoms with Crippen LogP contribution in [0.3, 0.4) is 0 Å². The van der Waals surface area contributed by atoms with Crippen LogP contribution in [0.25, 0.3) is 0 Å². The Morgan fingerprint density at radius 2 is 2.06 bits per heavy atom. The Kier molecular flexibility index (Phi) is 2.66. The van der Waals surface area contributed by atoms with Gasteiger partial charge in [-0.2, -0.15) is 0 Å². The van der Waals surface area contributed by atoms with E-state index in [9.17, 15) is 15.3 Å². The van der Waals surface area contributed by atoms with E-state index in [2.05, 4.69) is 10.2 Å². The summed E-state index contributed by atoms with van der Waals surface area (Å²) in [5, 5.41) is 33.5. The Balaban J connectivity index is 1.96. The molecular weight excluding hydrogens is 232 g/mol. The molecule has 2 saturated heterocycles. The van der Waals surface area contributed by atoms with Crippen LogP contribution < -0.4 is 5.32 Å². The summed E-state index contributed by atoms with van der Waals surface area (Å²) in [4.78, 5) is 2.09. The molecule has 2 heterocycles. The molecule has 4 N–H and O–H groups in total. The lowest BCUT2D eigenvalue weighted by atomic mass is 9.86. The van der Waals surface area contributed by atoms with Gasteiger partial charge in [-0.05, 0) is 18.6 Å². The van der Waals surface area contributed by atoms with E-state index in [0.29, 0.717) is 5.76 Å². The summed E-state index contributed by atoms with van der Waals surface area (Å²) < 4.78 is 0. The number of aliphatic hydroxyl groups excluding tert-OH is 3. The molecule has 0 bridgehead atoms. The van der Waals surface area contributed by atoms with Crippen molar-refractivity contribution in [2.45, 2.75) is 38.1 Å². The van der Waals surface area contributed by atoms with E-state index in [4.69, 9.17) is 0 Å². The van der Waals surface area contributed by atoms with Crippen LogP contribution in [-0.2, 0) is 0 Å². The highest BCUT2D eigenvalue weighted by molar-refractivity contribution is 5.41. The smallest absolute Gasteiger partial charge is 0.115 e. The third-order valence-electron chi connectivity index (χ3n) is 4.29. The maximum atomic E-state index is 10.4. The molecule has 5 nitrogen and oxygen atoms in total. The van der Waals surface area contributed by atoms with Gasteiger partial charge in [0.25, 0.3) is 0 Å². The van der Waals surface area contributed by atoms with Crippen molar-refractivity contribution in [2.24, 2.45) is 5.92 Å². The zero-order valence-corrected chi connectivity index (χ0v) is 10.7. The van der Waals surface area contributed by atoms with E-state index < -0.39 is 6.10 Å². The van der Waals surface area contributed by atoms with Crippen LogP contribution in [0, 0.1) is 5.92 Å². The van der Waals surface area contributed by atoms with Gasteiger partial charge >= 0.3 is 0 Å². The predicted octanol–water partition coefficient (Wildman–Crippen LogP) is 0.295. The maximum Gasteiger partial charge on any atom is 0.115 e. The molecule has 5 atom stereocenters.